The molecule has 31 heavy (non-hydrogen) atoms. The first-order valence-corrected chi connectivity index (χ1v) is 9.91. The Morgan fingerprint density at radius 2 is 1.77 bits per heavy atom. The number of anilines is 1. The topological polar surface area (TPSA) is 80.8 Å². The molecule has 0 saturated heterocycles. The van der Waals surface area contributed by atoms with E-state index in [9.17, 15) is 9.59 Å². The molecule has 1 aromatic heterocycles. The first kappa shape index (κ1) is 19.1. The number of nitrogens with zero attached hydrogens (tertiary/aromatic N) is 2. The molecule has 1 N–H and O–H groups in total. The molecule has 2 aliphatic rings. The minimum absolute atomic E-state index is 0.0713. The number of fused-ring (bicyclic) bond motifs is 1. The Bertz CT molecular complexity index is 1210. The van der Waals surface area contributed by atoms with Crippen LogP contribution in [0.3, 0.4) is 0 Å². The fourth-order valence-corrected chi connectivity index (χ4v) is 3.62. The number of amides is 2. The molecule has 0 radical (unpaired) electrons. The third-order valence-electron chi connectivity index (χ3n) is 4.99. The average molecular weight is 434 g/mol. The van der Waals surface area contributed by atoms with Crippen molar-refractivity contribution in [2.24, 2.45) is 0 Å². The van der Waals surface area contributed by atoms with Crippen LogP contribution in [0.25, 0.3) is 5.57 Å². The maximum Gasteiger partial charge on any atom is 0.278 e. The van der Waals surface area contributed by atoms with Gasteiger partial charge >= 0.3 is 0 Å². The summed E-state index contributed by atoms with van der Waals surface area (Å²) in [6.07, 6.45) is 1.62. The monoisotopic (exact) mass is 433 g/mol. The van der Waals surface area contributed by atoms with Gasteiger partial charge in [-0.3, -0.25) is 19.5 Å². The fraction of sp³-hybridized carbons (Fsp3) is 0.0870. The molecule has 0 atom stereocenters. The number of carbonyl (C=O) groups excluding carboxylic acids is 2. The summed E-state index contributed by atoms with van der Waals surface area (Å²) in [4.78, 5) is 32.0. The maximum atomic E-state index is 13.3. The number of pyridine rings is 1. The lowest BCUT2D eigenvalue weighted by Gasteiger charge is -2.14. The number of hydrogen-bond donors (Lipinski definition) is 1. The summed E-state index contributed by atoms with van der Waals surface area (Å²) < 4.78 is 10.7. The van der Waals surface area contributed by atoms with Crippen molar-refractivity contribution in [3.63, 3.8) is 0 Å². The van der Waals surface area contributed by atoms with E-state index in [-0.39, 0.29) is 24.6 Å². The zero-order valence-corrected chi connectivity index (χ0v) is 16.9. The van der Waals surface area contributed by atoms with Crippen molar-refractivity contribution >= 4 is 34.7 Å². The van der Waals surface area contributed by atoms with Gasteiger partial charge in [-0.2, -0.15) is 0 Å². The zero-order chi connectivity index (χ0) is 21.4. The van der Waals surface area contributed by atoms with Gasteiger partial charge in [-0.15, -0.1) is 0 Å². The van der Waals surface area contributed by atoms with Gasteiger partial charge in [0, 0.05) is 23.0 Å². The fourth-order valence-electron chi connectivity index (χ4n) is 3.49. The minimum atomic E-state index is -0.432. The second-order valence-corrected chi connectivity index (χ2v) is 7.40. The molecule has 0 fully saturated rings. The van der Waals surface area contributed by atoms with Crippen LogP contribution in [0.2, 0.25) is 5.02 Å². The minimum Gasteiger partial charge on any atom is -0.454 e. The van der Waals surface area contributed by atoms with Gasteiger partial charge in [0.05, 0.1) is 17.8 Å². The third-order valence-corrected chi connectivity index (χ3v) is 5.24. The highest BCUT2D eigenvalue weighted by molar-refractivity contribution is 6.36. The molecule has 0 unspecified atom stereocenters. The van der Waals surface area contributed by atoms with E-state index in [2.05, 4.69) is 10.3 Å². The molecular formula is C23H16ClN3O4. The molecule has 2 amide bonds. The number of nitrogens with one attached hydrogen (secondary N) is 1. The lowest BCUT2D eigenvalue weighted by atomic mass is 10.0. The highest BCUT2D eigenvalue weighted by atomic mass is 35.5. The predicted molar refractivity (Wildman–Crippen MR) is 114 cm³/mol. The Kier molecular flexibility index (Phi) is 4.80. The average Bonchev–Trinajstić information content (AvgIpc) is 3.34. The van der Waals surface area contributed by atoms with Gasteiger partial charge in [-0.1, -0.05) is 29.8 Å². The van der Waals surface area contributed by atoms with E-state index in [0.717, 1.165) is 0 Å². The van der Waals surface area contributed by atoms with E-state index < -0.39 is 11.8 Å². The number of ether oxygens (including phenoxy) is 2. The second kappa shape index (κ2) is 7.77. The van der Waals surface area contributed by atoms with Crippen molar-refractivity contribution in [3.05, 3.63) is 88.8 Å². The van der Waals surface area contributed by atoms with Crippen molar-refractivity contribution in [1.82, 2.24) is 9.88 Å². The van der Waals surface area contributed by atoms with Gasteiger partial charge < -0.3 is 14.8 Å². The molecule has 3 heterocycles. The van der Waals surface area contributed by atoms with Crippen LogP contribution in [0.1, 0.15) is 11.3 Å². The Labute approximate surface area is 182 Å². The zero-order valence-electron chi connectivity index (χ0n) is 16.2. The molecular weight excluding hydrogens is 418 g/mol. The van der Waals surface area contributed by atoms with Crippen LogP contribution in [0.4, 0.5) is 5.69 Å². The first-order valence-electron chi connectivity index (χ1n) is 9.53. The van der Waals surface area contributed by atoms with Crippen molar-refractivity contribution in [2.45, 2.75) is 6.54 Å². The van der Waals surface area contributed by atoms with E-state index in [1.807, 2.05) is 6.07 Å². The number of carbonyl (C=O) groups is 2. The van der Waals surface area contributed by atoms with Crippen LogP contribution < -0.4 is 14.8 Å². The number of rotatable bonds is 5. The molecule has 7 nitrogen and oxygen atoms in total. The van der Waals surface area contributed by atoms with Crippen LogP contribution in [-0.2, 0) is 16.1 Å². The standard InChI is InChI=1S/C23H16ClN3O4/c24-15-6-4-14(5-7-15)20-21(26-16-8-9-18-19(11-16)31-13-30-18)23(29)27(22(20)28)12-17-3-1-2-10-25-17/h1-11,26H,12-13H2. The largest absolute Gasteiger partial charge is 0.454 e. The van der Waals surface area contributed by atoms with Gasteiger partial charge in [-0.05, 0) is 42.0 Å². The quantitative estimate of drug-likeness (QED) is 0.615. The van der Waals surface area contributed by atoms with E-state index in [4.69, 9.17) is 21.1 Å². The molecule has 0 saturated carbocycles. The number of imide groups is 1. The molecule has 154 valence electrons. The number of hydrogen-bond acceptors (Lipinski definition) is 6. The molecule has 5 rings (SSSR count). The van der Waals surface area contributed by atoms with Crippen LogP contribution in [0.15, 0.2) is 72.6 Å². The summed E-state index contributed by atoms with van der Waals surface area (Å²) in [5.74, 6) is 0.364. The summed E-state index contributed by atoms with van der Waals surface area (Å²) >= 11 is 6.01. The lowest BCUT2D eigenvalue weighted by Crippen LogP contribution is -2.32. The summed E-state index contributed by atoms with van der Waals surface area (Å²) in [5.41, 5.74) is 2.27. The summed E-state index contributed by atoms with van der Waals surface area (Å²) in [7, 11) is 0. The van der Waals surface area contributed by atoms with E-state index in [1.54, 1.807) is 60.8 Å². The summed E-state index contributed by atoms with van der Waals surface area (Å²) in [5, 5.41) is 3.65. The predicted octanol–water partition coefficient (Wildman–Crippen LogP) is 3.86. The molecule has 8 heteroatoms. The normalized spacial score (nSPS) is 15.1. The Morgan fingerprint density at radius 1 is 0.968 bits per heavy atom. The van der Waals surface area contributed by atoms with Crippen molar-refractivity contribution < 1.29 is 19.1 Å². The number of aromatic nitrogens is 1. The lowest BCUT2D eigenvalue weighted by molar-refractivity contribution is -0.137. The van der Waals surface area contributed by atoms with Crippen molar-refractivity contribution in [2.75, 3.05) is 12.1 Å². The SMILES string of the molecule is O=C1C(Nc2ccc3c(c2)OCO3)=C(c2ccc(Cl)cc2)C(=O)N1Cc1ccccn1. The maximum absolute atomic E-state index is 13.3. The Hall–Kier alpha value is -3.84. The third kappa shape index (κ3) is 3.60. The van der Waals surface area contributed by atoms with Gasteiger partial charge in [-0.25, -0.2) is 0 Å². The van der Waals surface area contributed by atoms with Crippen molar-refractivity contribution in [3.8, 4) is 11.5 Å². The molecule has 0 aliphatic carbocycles. The van der Waals surface area contributed by atoms with Crippen LogP contribution >= 0.6 is 11.6 Å². The van der Waals surface area contributed by atoms with Gasteiger partial charge in [0.1, 0.15) is 5.70 Å². The first-order chi connectivity index (χ1) is 15.1. The molecule has 3 aromatic rings. The smallest absolute Gasteiger partial charge is 0.278 e. The van der Waals surface area contributed by atoms with Gasteiger partial charge in [0.25, 0.3) is 11.8 Å². The molecule has 2 aliphatic heterocycles. The van der Waals surface area contributed by atoms with Crippen molar-refractivity contribution in [1.29, 1.82) is 0 Å². The van der Waals surface area contributed by atoms with Crippen LogP contribution in [-0.4, -0.2) is 28.5 Å². The van der Waals surface area contributed by atoms with Crippen LogP contribution in [0.5, 0.6) is 11.5 Å². The Morgan fingerprint density at radius 3 is 2.55 bits per heavy atom. The second-order valence-electron chi connectivity index (χ2n) is 6.97. The number of benzene rings is 2. The highest BCUT2D eigenvalue weighted by Crippen LogP contribution is 2.37. The highest BCUT2D eigenvalue weighted by Gasteiger charge is 2.39. The van der Waals surface area contributed by atoms with E-state index >= 15 is 0 Å². The summed E-state index contributed by atoms with van der Waals surface area (Å²) in [6.45, 7) is 0.217. The number of halogens is 1. The summed E-state index contributed by atoms with van der Waals surface area (Å²) in [6, 6.07) is 17.4. The van der Waals surface area contributed by atoms with Crippen LogP contribution in [0, 0.1) is 0 Å². The van der Waals surface area contributed by atoms with Gasteiger partial charge in [0.2, 0.25) is 6.79 Å². The van der Waals surface area contributed by atoms with Gasteiger partial charge in [0.15, 0.2) is 11.5 Å². The van der Waals surface area contributed by atoms with E-state index in [1.165, 1.54) is 4.90 Å². The van der Waals surface area contributed by atoms with E-state index in [0.29, 0.717) is 33.5 Å². The molecule has 0 spiro atoms. The molecule has 2 aromatic carbocycles. The molecule has 0 bridgehead atoms. The Balaban J connectivity index is 1.53.